The first-order valence-corrected chi connectivity index (χ1v) is 4.52. The Labute approximate surface area is 78.5 Å². The molecule has 0 saturated carbocycles. The van der Waals surface area contributed by atoms with Crippen LogP contribution >= 0.6 is 0 Å². The number of nitrogens with two attached hydrogens (primary N) is 2. The Morgan fingerprint density at radius 3 is 2.54 bits per heavy atom. The van der Waals surface area contributed by atoms with Crippen LogP contribution in [-0.4, -0.2) is 29.8 Å². The first kappa shape index (κ1) is 12.3. The van der Waals surface area contributed by atoms with Crippen LogP contribution in [0.5, 0.6) is 0 Å². The second kappa shape index (κ2) is 6.82. The standard InChI is InChI=1S/C8H19N3O2/c1-6(10)11-7(8(12)13)4-2-3-5-9/h6-7,11H,2-5,9-10H2,1H3,(H,12,13). The van der Waals surface area contributed by atoms with E-state index in [0.29, 0.717) is 13.0 Å². The summed E-state index contributed by atoms with van der Waals surface area (Å²) < 4.78 is 0. The molecule has 13 heavy (non-hydrogen) atoms. The van der Waals surface area contributed by atoms with E-state index in [9.17, 15) is 4.79 Å². The van der Waals surface area contributed by atoms with Crippen molar-refractivity contribution in [2.75, 3.05) is 6.54 Å². The number of hydrogen-bond donors (Lipinski definition) is 4. The van der Waals surface area contributed by atoms with Gasteiger partial charge in [-0.15, -0.1) is 0 Å². The summed E-state index contributed by atoms with van der Waals surface area (Å²) in [6.45, 7) is 2.32. The molecular formula is C8H19N3O2. The first-order chi connectivity index (χ1) is 6.07. The maximum atomic E-state index is 10.7. The second-order valence-electron chi connectivity index (χ2n) is 3.13. The van der Waals surface area contributed by atoms with E-state index in [2.05, 4.69) is 5.32 Å². The normalized spacial score (nSPS) is 15.3. The zero-order valence-corrected chi connectivity index (χ0v) is 7.99. The van der Waals surface area contributed by atoms with E-state index in [0.717, 1.165) is 12.8 Å². The highest BCUT2D eigenvalue weighted by Gasteiger charge is 2.16. The largest absolute Gasteiger partial charge is 0.480 e. The molecule has 5 heteroatoms. The van der Waals surface area contributed by atoms with Gasteiger partial charge in [0.25, 0.3) is 0 Å². The molecule has 2 atom stereocenters. The molecule has 0 aliphatic carbocycles. The molecule has 0 amide bonds. The molecule has 0 spiro atoms. The van der Waals surface area contributed by atoms with Crippen molar-refractivity contribution in [2.24, 2.45) is 11.5 Å². The minimum Gasteiger partial charge on any atom is -0.480 e. The Hall–Kier alpha value is -0.650. The summed E-state index contributed by atoms with van der Waals surface area (Å²) in [5.41, 5.74) is 10.7. The molecule has 0 aliphatic heterocycles. The molecule has 78 valence electrons. The zero-order valence-electron chi connectivity index (χ0n) is 7.99. The van der Waals surface area contributed by atoms with Crippen LogP contribution in [-0.2, 0) is 4.79 Å². The Bertz CT molecular complexity index is 150. The van der Waals surface area contributed by atoms with Crippen LogP contribution in [0.25, 0.3) is 0 Å². The molecule has 0 bridgehead atoms. The van der Waals surface area contributed by atoms with Gasteiger partial charge in [0.2, 0.25) is 0 Å². The van der Waals surface area contributed by atoms with E-state index in [1.54, 1.807) is 6.92 Å². The van der Waals surface area contributed by atoms with Crippen molar-refractivity contribution in [1.82, 2.24) is 5.32 Å². The van der Waals surface area contributed by atoms with Crippen LogP contribution in [0.1, 0.15) is 26.2 Å². The predicted octanol–water partition coefficient (Wildman–Crippen LogP) is -0.537. The number of hydrogen-bond acceptors (Lipinski definition) is 4. The average Bonchev–Trinajstić information content (AvgIpc) is 2.02. The van der Waals surface area contributed by atoms with E-state index in [1.807, 2.05) is 0 Å². The van der Waals surface area contributed by atoms with Crippen molar-refractivity contribution in [2.45, 2.75) is 38.4 Å². The van der Waals surface area contributed by atoms with Crippen molar-refractivity contribution in [3.05, 3.63) is 0 Å². The lowest BCUT2D eigenvalue weighted by atomic mass is 10.1. The number of aliphatic carboxylic acids is 1. The topological polar surface area (TPSA) is 101 Å². The van der Waals surface area contributed by atoms with E-state index >= 15 is 0 Å². The smallest absolute Gasteiger partial charge is 0.320 e. The summed E-state index contributed by atoms with van der Waals surface area (Å²) in [6.07, 6.45) is 1.95. The SMILES string of the molecule is CC(N)NC(CCCCN)C(=O)O. The van der Waals surface area contributed by atoms with Crippen LogP contribution < -0.4 is 16.8 Å². The summed E-state index contributed by atoms with van der Waals surface area (Å²) >= 11 is 0. The maximum Gasteiger partial charge on any atom is 0.320 e. The quantitative estimate of drug-likeness (QED) is 0.318. The molecule has 0 heterocycles. The van der Waals surface area contributed by atoms with Crippen molar-refractivity contribution >= 4 is 5.97 Å². The van der Waals surface area contributed by atoms with Gasteiger partial charge in [-0.3, -0.25) is 10.1 Å². The molecule has 0 aliphatic rings. The number of carboxylic acids is 1. The molecule has 0 saturated heterocycles. The number of unbranched alkanes of at least 4 members (excludes halogenated alkanes) is 1. The van der Waals surface area contributed by atoms with Gasteiger partial charge in [-0.2, -0.15) is 0 Å². The predicted molar refractivity (Wildman–Crippen MR) is 51.1 cm³/mol. The molecule has 5 nitrogen and oxygen atoms in total. The third-order valence-electron chi connectivity index (χ3n) is 1.71. The first-order valence-electron chi connectivity index (χ1n) is 4.52. The van der Waals surface area contributed by atoms with Crippen molar-refractivity contribution in [1.29, 1.82) is 0 Å². The Balaban J connectivity index is 3.74. The summed E-state index contributed by atoms with van der Waals surface area (Å²) in [7, 11) is 0. The summed E-state index contributed by atoms with van der Waals surface area (Å²) in [4.78, 5) is 10.7. The minimum atomic E-state index is -0.852. The lowest BCUT2D eigenvalue weighted by molar-refractivity contribution is -0.139. The lowest BCUT2D eigenvalue weighted by Gasteiger charge is -2.16. The molecule has 0 aromatic carbocycles. The highest BCUT2D eigenvalue weighted by atomic mass is 16.4. The van der Waals surface area contributed by atoms with Gasteiger partial charge in [-0.1, -0.05) is 6.42 Å². The van der Waals surface area contributed by atoms with E-state index in [1.165, 1.54) is 0 Å². The van der Waals surface area contributed by atoms with E-state index in [4.69, 9.17) is 16.6 Å². The summed E-state index contributed by atoms with van der Waals surface area (Å²) in [5.74, 6) is -0.852. The van der Waals surface area contributed by atoms with Crippen LogP contribution in [0, 0.1) is 0 Å². The highest BCUT2D eigenvalue weighted by molar-refractivity contribution is 5.73. The zero-order chi connectivity index (χ0) is 10.3. The fourth-order valence-electron chi connectivity index (χ4n) is 1.09. The van der Waals surface area contributed by atoms with Gasteiger partial charge in [-0.25, -0.2) is 0 Å². The molecule has 2 unspecified atom stereocenters. The number of nitrogens with one attached hydrogen (secondary N) is 1. The third-order valence-corrected chi connectivity index (χ3v) is 1.71. The Morgan fingerprint density at radius 1 is 1.54 bits per heavy atom. The van der Waals surface area contributed by atoms with Gasteiger partial charge in [0.1, 0.15) is 6.04 Å². The average molecular weight is 189 g/mol. The maximum absolute atomic E-state index is 10.7. The Morgan fingerprint density at radius 2 is 2.15 bits per heavy atom. The number of rotatable bonds is 7. The fourth-order valence-corrected chi connectivity index (χ4v) is 1.09. The van der Waals surface area contributed by atoms with Gasteiger partial charge < -0.3 is 16.6 Å². The third kappa shape index (κ3) is 6.51. The molecule has 0 fully saturated rings. The van der Waals surface area contributed by atoms with E-state index < -0.39 is 12.0 Å². The fraction of sp³-hybridized carbons (Fsp3) is 0.875. The lowest BCUT2D eigenvalue weighted by Crippen LogP contribution is -2.46. The van der Waals surface area contributed by atoms with Gasteiger partial charge in [0, 0.05) is 0 Å². The number of carbonyl (C=O) groups is 1. The second-order valence-corrected chi connectivity index (χ2v) is 3.13. The van der Waals surface area contributed by atoms with Crippen LogP contribution in [0.4, 0.5) is 0 Å². The molecule has 0 radical (unpaired) electrons. The summed E-state index contributed by atoms with van der Waals surface area (Å²) in [6, 6.07) is -0.549. The van der Waals surface area contributed by atoms with Crippen molar-refractivity contribution < 1.29 is 9.90 Å². The van der Waals surface area contributed by atoms with Gasteiger partial charge >= 0.3 is 5.97 Å². The molecule has 6 N–H and O–H groups in total. The van der Waals surface area contributed by atoms with Gasteiger partial charge in [0.15, 0.2) is 0 Å². The Kier molecular flexibility index (Phi) is 6.48. The molecule has 0 rings (SSSR count). The molecular weight excluding hydrogens is 170 g/mol. The van der Waals surface area contributed by atoms with Crippen molar-refractivity contribution in [3.63, 3.8) is 0 Å². The van der Waals surface area contributed by atoms with Gasteiger partial charge in [-0.05, 0) is 26.3 Å². The van der Waals surface area contributed by atoms with E-state index in [-0.39, 0.29) is 6.17 Å². The summed E-state index contributed by atoms with van der Waals surface area (Å²) in [5, 5.41) is 11.5. The monoisotopic (exact) mass is 189 g/mol. The van der Waals surface area contributed by atoms with Crippen molar-refractivity contribution in [3.8, 4) is 0 Å². The molecule has 0 aromatic rings. The molecule has 0 aromatic heterocycles. The number of carboxylic acid groups (broad SMARTS) is 1. The highest BCUT2D eigenvalue weighted by Crippen LogP contribution is 2.00. The van der Waals surface area contributed by atoms with Crippen LogP contribution in [0.15, 0.2) is 0 Å². The minimum absolute atomic E-state index is 0.293. The van der Waals surface area contributed by atoms with Crippen LogP contribution in [0.3, 0.4) is 0 Å². The van der Waals surface area contributed by atoms with Gasteiger partial charge in [0.05, 0.1) is 6.17 Å². The van der Waals surface area contributed by atoms with Crippen LogP contribution in [0.2, 0.25) is 0 Å².